The van der Waals surface area contributed by atoms with Crippen LogP contribution >= 0.6 is 0 Å². The molecule has 2 aromatic carbocycles. The van der Waals surface area contributed by atoms with Crippen LogP contribution in [0.4, 0.5) is 0 Å². The van der Waals surface area contributed by atoms with Gasteiger partial charge in [0.25, 0.3) is 0 Å². The maximum absolute atomic E-state index is 2.27. The van der Waals surface area contributed by atoms with Crippen molar-refractivity contribution in [2.24, 2.45) is 0 Å². The van der Waals surface area contributed by atoms with Crippen LogP contribution in [0, 0.1) is 0 Å². The van der Waals surface area contributed by atoms with E-state index < -0.39 is 0 Å². The van der Waals surface area contributed by atoms with Crippen LogP contribution in [0.5, 0.6) is 0 Å². The fourth-order valence-corrected chi connectivity index (χ4v) is 2.85. The molecule has 0 fully saturated rings. The van der Waals surface area contributed by atoms with Gasteiger partial charge in [-0.25, -0.2) is 0 Å². The van der Waals surface area contributed by atoms with Gasteiger partial charge in [0.05, 0.1) is 0 Å². The van der Waals surface area contributed by atoms with Crippen LogP contribution in [0.25, 0.3) is 29.0 Å². The molecule has 0 saturated heterocycles. The van der Waals surface area contributed by atoms with E-state index >= 15 is 0 Å². The third-order valence-corrected chi connectivity index (χ3v) is 3.70. The third-order valence-electron chi connectivity index (χ3n) is 3.70. The average molecular weight is 216 g/mol. The summed E-state index contributed by atoms with van der Waals surface area (Å²) in [5, 5.41) is 5.50. The molecule has 0 spiro atoms. The molecule has 0 heteroatoms. The summed E-state index contributed by atoms with van der Waals surface area (Å²) < 4.78 is 0. The van der Waals surface area contributed by atoms with Crippen molar-refractivity contribution in [2.75, 3.05) is 0 Å². The molecular formula is C17H12. The summed E-state index contributed by atoms with van der Waals surface area (Å²) >= 11 is 0. The zero-order chi connectivity index (χ0) is 11.2. The van der Waals surface area contributed by atoms with Crippen molar-refractivity contribution in [1.29, 1.82) is 0 Å². The lowest BCUT2D eigenvalue weighted by Gasteiger charge is -2.10. The molecule has 0 amide bonds. The minimum absolute atomic E-state index is 1.05. The zero-order valence-electron chi connectivity index (χ0n) is 9.48. The monoisotopic (exact) mass is 216 g/mol. The Morgan fingerprint density at radius 1 is 0.765 bits per heavy atom. The van der Waals surface area contributed by atoms with E-state index in [9.17, 15) is 0 Å². The maximum atomic E-state index is 2.27. The van der Waals surface area contributed by atoms with Crippen LogP contribution in [-0.2, 0) is 6.42 Å². The second kappa shape index (κ2) is 3.21. The van der Waals surface area contributed by atoms with Gasteiger partial charge < -0.3 is 0 Å². The first-order chi connectivity index (χ1) is 8.43. The lowest BCUT2D eigenvalue weighted by molar-refractivity contribution is 1.25. The van der Waals surface area contributed by atoms with Gasteiger partial charge in [-0.1, -0.05) is 60.7 Å². The van der Waals surface area contributed by atoms with Gasteiger partial charge in [-0.15, -0.1) is 0 Å². The van der Waals surface area contributed by atoms with Gasteiger partial charge in [0, 0.05) is 0 Å². The SMILES string of the molecule is C1=CCc2c(ccc3c4c(ccc23)=CC=C4)=C1. The second-order valence-electron chi connectivity index (χ2n) is 4.62. The van der Waals surface area contributed by atoms with Gasteiger partial charge in [-0.05, 0) is 38.8 Å². The fraction of sp³-hybridized carbons (Fsp3) is 0.0588. The molecule has 17 heavy (non-hydrogen) atoms. The highest BCUT2D eigenvalue weighted by atomic mass is 14.1. The van der Waals surface area contributed by atoms with E-state index in [0.717, 1.165) is 6.42 Å². The maximum Gasteiger partial charge on any atom is -0.00822 e. The van der Waals surface area contributed by atoms with E-state index in [1.165, 1.54) is 32.3 Å². The Morgan fingerprint density at radius 2 is 1.59 bits per heavy atom. The Balaban J connectivity index is 2.23. The molecule has 80 valence electrons. The first-order valence-electron chi connectivity index (χ1n) is 6.03. The van der Waals surface area contributed by atoms with Crippen molar-refractivity contribution in [3.8, 4) is 0 Å². The molecule has 2 aliphatic carbocycles. The molecular weight excluding hydrogens is 204 g/mol. The Hall–Kier alpha value is -2.08. The highest BCUT2D eigenvalue weighted by molar-refractivity contribution is 5.95. The molecule has 2 aromatic rings. The molecule has 0 heterocycles. The summed E-state index contributed by atoms with van der Waals surface area (Å²) in [7, 11) is 0. The number of hydrogen-bond acceptors (Lipinski definition) is 0. The predicted molar refractivity (Wildman–Crippen MR) is 74.0 cm³/mol. The summed E-state index contributed by atoms with van der Waals surface area (Å²) in [6, 6.07) is 9.00. The zero-order valence-corrected chi connectivity index (χ0v) is 9.48. The molecule has 0 bridgehead atoms. The highest BCUT2D eigenvalue weighted by Gasteiger charge is 2.08. The molecule has 0 aromatic heterocycles. The van der Waals surface area contributed by atoms with Crippen molar-refractivity contribution in [1.82, 2.24) is 0 Å². The summed E-state index contributed by atoms with van der Waals surface area (Å²) in [5.74, 6) is 0. The predicted octanol–water partition coefficient (Wildman–Crippen LogP) is 2.54. The minimum atomic E-state index is 1.05. The van der Waals surface area contributed by atoms with Crippen LogP contribution < -0.4 is 10.4 Å². The Labute approximate surface area is 99.9 Å². The lowest BCUT2D eigenvalue weighted by Crippen LogP contribution is -2.12. The normalized spacial score (nSPS) is 15.3. The summed E-state index contributed by atoms with van der Waals surface area (Å²) in [4.78, 5) is 0. The molecule has 0 radical (unpaired) electrons. The molecule has 4 rings (SSSR count). The third kappa shape index (κ3) is 1.18. The fourth-order valence-electron chi connectivity index (χ4n) is 2.85. The summed E-state index contributed by atoms with van der Waals surface area (Å²) in [6.45, 7) is 0. The first kappa shape index (κ1) is 9.00. The van der Waals surface area contributed by atoms with Gasteiger partial charge in [-0.3, -0.25) is 0 Å². The number of fused-ring (bicyclic) bond motifs is 5. The Bertz CT molecular complexity index is 802. The van der Waals surface area contributed by atoms with E-state index in [-0.39, 0.29) is 0 Å². The molecule has 0 saturated carbocycles. The Kier molecular flexibility index (Phi) is 1.70. The van der Waals surface area contributed by atoms with E-state index in [1.54, 1.807) is 0 Å². The molecule has 0 atom stereocenters. The van der Waals surface area contributed by atoms with Gasteiger partial charge in [0.1, 0.15) is 0 Å². The molecule has 2 aliphatic rings. The number of benzene rings is 2. The van der Waals surface area contributed by atoms with Crippen molar-refractivity contribution in [3.63, 3.8) is 0 Å². The molecule has 0 N–H and O–H groups in total. The quantitative estimate of drug-likeness (QED) is 0.635. The van der Waals surface area contributed by atoms with Crippen molar-refractivity contribution in [2.45, 2.75) is 6.42 Å². The number of hydrogen-bond donors (Lipinski definition) is 0. The van der Waals surface area contributed by atoms with E-state index in [4.69, 9.17) is 0 Å². The smallest absolute Gasteiger partial charge is 0.00822 e. The molecule has 0 unspecified atom stereocenters. The van der Waals surface area contributed by atoms with Crippen molar-refractivity contribution in [3.05, 3.63) is 64.1 Å². The summed E-state index contributed by atoms with van der Waals surface area (Å²) in [6.07, 6.45) is 14.2. The van der Waals surface area contributed by atoms with Gasteiger partial charge >= 0.3 is 0 Å². The second-order valence-corrected chi connectivity index (χ2v) is 4.62. The lowest BCUT2D eigenvalue weighted by atomic mass is 9.94. The highest BCUT2D eigenvalue weighted by Crippen LogP contribution is 2.22. The Morgan fingerprint density at radius 3 is 2.59 bits per heavy atom. The van der Waals surface area contributed by atoms with Crippen molar-refractivity contribution < 1.29 is 0 Å². The molecule has 0 aliphatic heterocycles. The minimum Gasteiger partial charge on any atom is -0.0801 e. The largest absolute Gasteiger partial charge is 0.0801 e. The van der Waals surface area contributed by atoms with Gasteiger partial charge in [0.15, 0.2) is 0 Å². The topological polar surface area (TPSA) is 0 Å². The van der Waals surface area contributed by atoms with Gasteiger partial charge in [0.2, 0.25) is 0 Å². The number of allylic oxidation sites excluding steroid dienone is 3. The average Bonchev–Trinajstić information content (AvgIpc) is 2.86. The van der Waals surface area contributed by atoms with Crippen LogP contribution in [0.1, 0.15) is 11.1 Å². The van der Waals surface area contributed by atoms with Crippen LogP contribution in [0.3, 0.4) is 0 Å². The first-order valence-corrected chi connectivity index (χ1v) is 6.03. The van der Waals surface area contributed by atoms with E-state index in [2.05, 4.69) is 60.7 Å². The van der Waals surface area contributed by atoms with Gasteiger partial charge in [-0.2, -0.15) is 0 Å². The van der Waals surface area contributed by atoms with Crippen molar-refractivity contribution >= 4 is 29.0 Å². The van der Waals surface area contributed by atoms with Crippen LogP contribution in [-0.4, -0.2) is 0 Å². The van der Waals surface area contributed by atoms with E-state index in [0.29, 0.717) is 0 Å². The van der Waals surface area contributed by atoms with Crippen LogP contribution in [0.2, 0.25) is 0 Å². The summed E-state index contributed by atoms with van der Waals surface area (Å²) in [5.41, 5.74) is 2.84. The standard InChI is InChI=1S/C17H12/c1-2-6-14-12(4-1)8-10-17-15-7-3-5-13(15)9-11-16(14)17/h1-5,7-11H,6H2. The molecule has 0 nitrogen and oxygen atoms in total. The van der Waals surface area contributed by atoms with Crippen LogP contribution in [0.15, 0.2) is 42.5 Å². The number of rotatable bonds is 0. The van der Waals surface area contributed by atoms with E-state index in [1.807, 2.05) is 0 Å².